The van der Waals surface area contributed by atoms with E-state index in [2.05, 4.69) is 15.5 Å². The first-order valence-corrected chi connectivity index (χ1v) is 12.3. The maximum Gasteiger partial charge on any atom is 0.255 e. The first-order valence-electron chi connectivity index (χ1n) is 12.0. The molecule has 0 bridgehead atoms. The van der Waals surface area contributed by atoms with Gasteiger partial charge in [0.1, 0.15) is 0 Å². The number of carbonyl (C=O) groups is 2. The van der Waals surface area contributed by atoms with Crippen LogP contribution in [0.1, 0.15) is 55.3 Å². The predicted molar refractivity (Wildman–Crippen MR) is 135 cm³/mol. The molecule has 176 valence electrons. The number of carbonyl (C=O) groups excluding carboxylic acids is 2. The van der Waals surface area contributed by atoms with Crippen molar-refractivity contribution in [2.24, 2.45) is 0 Å². The van der Waals surface area contributed by atoms with Crippen LogP contribution in [-0.4, -0.2) is 49.4 Å². The van der Waals surface area contributed by atoms with Gasteiger partial charge in [0.05, 0.1) is 17.1 Å². The smallest absolute Gasteiger partial charge is 0.255 e. The van der Waals surface area contributed by atoms with Crippen LogP contribution in [0.3, 0.4) is 0 Å². The highest BCUT2D eigenvalue weighted by Gasteiger charge is 2.24. The van der Waals surface area contributed by atoms with E-state index in [9.17, 15) is 9.59 Å². The molecule has 0 atom stereocenters. The van der Waals surface area contributed by atoms with Crippen LogP contribution < -0.4 is 15.5 Å². The summed E-state index contributed by atoms with van der Waals surface area (Å²) >= 11 is 6.43. The average Bonchev–Trinajstić information content (AvgIpc) is 3.38. The van der Waals surface area contributed by atoms with Gasteiger partial charge in [-0.2, -0.15) is 0 Å². The molecule has 2 N–H and O–H groups in total. The molecule has 0 radical (unpaired) electrons. The van der Waals surface area contributed by atoms with Crippen LogP contribution in [0.4, 0.5) is 17.1 Å². The molecule has 2 aromatic rings. The summed E-state index contributed by atoms with van der Waals surface area (Å²) in [7, 11) is 1.86. The molecule has 4 rings (SSSR count). The second-order valence-electron chi connectivity index (χ2n) is 9.05. The molecule has 1 aliphatic heterocycles. The summed E-state index contributed by atoms with van der Waals surface area (Å²) in [6, 6.07) is 13.5. The van der Waals surface area contributed by atoms with Crippen molar-refractivity contribution >= 4 is 40.5 Å². The molecule has 2 fully saturated rings. The van der Waals surface area contributed by atoms with Gasteiger partial charge in [0, 0.05) is 43.2 Å². The molecular weight excluding hydrogens is 436 g/mol. The van der Waals surface area contributed by atoms with Crippen LogP contribution in [0.15, 0.2) is 42.5 Å². The molecule has 1 saturated heterocycles. The number of hydrogen-bond acceptors (Lipinski definition) is 4. The Hall–Kier alpha value is -2.73. The summed E-state index contributed by atoms with van der Waals surface area (Å²) in [5.74, 6) is -0.189. The molecule has 6 nitrogen and oxygen atoms in total. The predicted octanol–water partition coefficient (Wildman–Crippen LogP) is 5.40. The first-order chi connectivity index (χ1) is 16.0. The van der Waals surface area contributed by atoms with Gasteiger partial charge in [-0.25, -0.2) is 0 Å². The highest BCUT2D eigenvalue weighted by Crippen LogP contribution is 2.27. The summed E-state index contributed by atoms with van der Waals surface area (Å²) < 4.78 is 0. The molecule has 33 heavy (non-hydrogen) atoms. The Morgan fingerprint density at radius 1 is 0.970 bits per heavy atom. The Morgan fingerprint density at radius 2 is 1.64 bits per heavy atom. The Balaban J connectivity index is 1.28. The molecule has 0 aromatic heterocycles. The lowest BCUT2D eigenvalue weighted by molar-refractivity contribution is -0.114. The van der Waals surface area contributed by atoms with E-state index in [0.29, 0.717) is 16.3 Å². The van der Waals surface area contributed by atoms with E-state index in [1.165, 1.54) is 37.8 Å². The third-order valence-electron chi connectivity index (χ3n) is 6.72. The largest absolute Gasteiger partial charge is 0.376 e. The first kappa shape index (κ1) is 23.4. The minimum atomic E-state index is -0.141. The Labute approximate surface area is 201 Å². The summed E-state index contributed by atoms with van der Waals surface area (Å²) in [5.41, 5.74) is 3.17. The summed E-state index contributed by atoms with van der Waals surface area (Å²) in [5, 5.41) is 6.40. The van der Waals surface area contributed by atoms with Gasteiger partial charge in [-0.05, 0) is 68.1 Å². The van der Waals surface area contributed by atoms with Gasteiger partial charge in [-0.1, -0.05) is 30.9 Å². The van der Waals surface area contributed by atoms with E-state index >= 15 is 0 Å². The van der Waals surface area contributed by atoms with Crippen molar-refractivity contribution in [3.8, 4) is 0 Å². The van der Waals surface area contributed by atoms with Gasteiger partial charge in [0.15, 0.2) is 0 Å². The topological polar surface area (TPSA) is 64.7 Å². The van der Waals surface area contributed by atoms with E-state index in [0.717, 1.165) is 31.6 Å². The van der Waals surface area contributed by atoms with Crippen molar-refractivity contribution < 1.29 is 9.59 Å². The number of rotatable bonds is 7. The summed E-state index contributed by atoms with van der Waals surface area (Å²) in [6.07, 6.45) is 8.16. The van der Waals surface area contributed by atoms with Gasteiger partial charge in [-0.3, -0.25) is 9.59 Å². The van der Waals surface area contributed by atoms with Crippen molar-refractivity contribution in [1.29, 1.82) is 0 Å². The van der Waals surface area contributed by atoms with Crippen LogP contribution in [-0.2, 0) is 4.79 Å². The highest BCUT2D eigenvalue weighted by atomic mass is 35.5. The van der Waals surface area contributed by atoms with Crippen LogP contribution >= 0.6 is 11.6 Å². The van der Waals surface area contributed by atoms with Gasteiger partial charge >= 0.3 is 0 Å². The normalized spacial score (nSPS) is 16.5. The monoisotopic (exact) mass is 468 g/mol. The van der Waals surface area contributed by atoms with Crippen molar-refractivity contribution in [2.75, 3.05) is 42.2 Å². The second kappa shape index (κ2) is 10.9. The standard InChI is InChI=1S/C26H33ClN4O2/c1-30(21-7-3-2-4-8-21)26(33)23-14-11-20(17-24(23)27)28-18-25(32)29-19-9-12-22(13-10-19)31-15-5-6-16-31/h9-14,17,21,28H,2-8,15-16,18H2,1H3,(H,29,32). The zero-order valence-electron chi connectivity index (χ0n) is 19.3. The molecule has 2 aliphatic rings. The number of hydrogen-bond donors (Lipinski definition) is 2. The molecule has 1 heterocycles. The zero-order valence-corrected chi connectivity index (χ0v) is 20.0. The summed E-state index contributed by atoms with van der Waals surface area (Å²) in [4.78, 5) is 29.5. The average molecular weight is 469 g/mol. The molecule has 7 heteroatoms. The van der Waals surface area contributed by atoms with Crippen molar-refractivity contribution in [2.45, 2.75) is 51.0 Å². The van der Waals surface area contributed by atoms with Crippen LogP contribution in [0.2, 0.25) is 5.02 Å². The Bertz CT molecular complexity index is 967. The van der Waals surface area contributed by atoms with E-state index in [-0.39, 0.29) is 24.4 Å². The lowest BCUT2D eigenvalue weighted by atomic mass is 9.94. The fraction of sp³-hybridized carbons (Fsp3) is 0.462. The molecule has 0 spiro atoms. The summed E-state index contributed by atoms with van der Waals surface area (Å²) in [6.45, 7) is 2.30. The van der Waals surface area contributed by atoms with E-state index < -0.39 is 0 Å². The number of amides is 2. The van der Waals surface area contributed by atoms with E-state index in [4.69, 9.17) is 11.6 Å². The highest BCUT2D eigenvalue weighted by molar-refractivity contribution is 6.34. The molecule has 2 amide bonds. The number of nitrogens with one attached hydrogen (secondary N) is 2. The third-order valence-corrected chi connectivity index (χ3v) is 7.03. The minimum Gasteiger partial charge on any atom is -0.376 e. The molecule has 1 aliphatic carbocycles. The van der Waals surface area contributed by atoms with E-state index in [1.54, 1.807) is 18.2 Å². The minimum absolute atomic E-state index is 0.0476. The zero-order chi connectivity index (χ0) is 23.2. The van der Waals surface area contributed by atoms with Crippen LogP contribution in [0, 0.1) is 0 Å². The molecule has 1 saturated carbocycles. The van der Waals surface area contributed by atoms with Crippen molar-refractivity contribution in [3.63, 3.8) is 0 Å². The Morgan fingerprint density at radius 3 is 2.30 bits per heavy atom. The van der Waals surface area contributed by atoms with Crippen molar-refractivity contribution in [3.05, 3.63) is 53.1 Å². The molecule has 0 unspecified atom stereocenters. The van der Waals surface area contributed by atoms with Gasteiger partial charge in [-0.15, -0.1) is 0 Å². The maximum absolute atomic E-state index is 12.9. The van der Waals surface area contributed by atoms with Gasteiger partial charge in [0.2, 0.25) is 5.91 Å². The lowest BCUT2D eigenvalue weighted by Crippen LogP contribution is -2.38. The van der Waals surface area contributed by atoms with Crippen molar-refractivity contribution in [1.82, 2.24) is 4.90 Å². The fourth-order valence-electron chi connectivity index (χ4n) is 4.74. The number of anilines is 3. The second-order valence-corrected chi connectivity index (χ2v) is 9.45. The van der Waals surface area contributed by atoms with Crippen LogP contribution in [0.25, 0.3) is 0 Å². The molecule has 2 aromatic carbocycles. The number of halogens is 1. The van der Waals surface area contributed by atoms with Crippen LogP contribution in [0.5, 0.6) is 0 Å². The SMILES string of the molecule is CN(C(=O)c1ccc(NCC(=O)Nc2ccc(N3CCCC3)cc2)cc1Cl)C1CCCCC1. The fourth-order valence-corrected chi connectivity index (χ4v) is 5.00. The number of nitrogens with zero attached hydrogens (tertiary/aromatic N) is 2. The maximum atomic E-state index is 12.9. The quantitative estimate of drug-likeness (QED) is 0.571. The third kappa shape index (κ3) is 5.99. The Kier molecular flexibility index (Phi) is 7.76. The molecular formula is C26H33ClN4O2. The van der Waals surface area contributed by atoms with Gasteiger partial charge in [0.25, 0.3) is 5.91 Å². The van der Waals surface area contributed by atoms with Gasteiger partial charge < -0.3 is 20.4 Å². The number of benzene rings is 2. The van der Waals surface area contributed by atoms with E-state index in [1.807, 2.05) is 36.2 Å². The lowest BCUT2D eigenvalue weighted by Gasteiger charge is -2.31.